The predicted octanol–water partition coefficient (Wildman–Crippen LogP) is 4.32. The molecule has 4 nitrogen and oxygen atoms in total. The van der Waals surface area contributed by atoms with E-state index in [0.29, 0.717) is 5.92 Å². The molecule has 0 aliphatic heterocycles. The van der Waals surface area contributed by atoms with E-state index in [1.54, 1.807) is 0 Å². The van der Waals surface area contributed by atoms with Crippen molar-refractivity contribution < 1.29 is 8.98 Å². The van der Waals surface area contributed by atoms with Gasteiger partial charge in [0.2, 0.25) is 5.71 Å². The van der Waals surface area contributed by atoms with Gasteiger partial charge >= 0.3 is 0 Å². The molecule has 0 bridgehead atoms. The molecule has 4 heteroatoms. The molecule has 0 radical (unpaired) electrons. The van der Waals surface area contributed by atoms with E-state index >= 15 is 0 Å². The van der Waals surface area contributed by atoms with Crippen molar-refractivity contribution in [1.29, 1.82) is 0 Å². The highest BCUT2D eigenvalue weighted by atomic mass is 16.3. The van der Waals surface area contributed by atoms with Crippen LogP contribution in [-0.2, 0) is 20.5 Å². The van der Waals surface area contributed by atoms with Crippen LogP contribution >= 0.6 is 0 Å². The maximum Gasteiger partial charge on any atom is 0.292 e. The van der Waals surface area contributed by atoms with Gasteiger partial charge in [-0.05, 0) is 37.0 Å². The molecule has 0 saturated carbocycles. The Labute approximate surface area is 147 Å². The van der Waals surface area contributed by atoms with Crippen LogP contribution in [0.5, 0.6) is 0 Å². The lowest BCUT2D eigenvalue weighted by atomic mass is 10.0. The lowest BCUT2D eigenvalue weighted by molar-refractivity contribution is -0.659. The first-order valence-electron chi connectivity index (χ1n) is 8.78. The van der Waals surface area contributed by atoms with Gasteiger partial charge in [-0.15, -0.1) is 0 Å². The molecule has 0 aliphatic carbocycles. The molecule has 128 valence electrons. The molecule has 0 amide bonds. The summed E-state index contributed by atoms with van der Waals surface area (Å²) < 4.78 is 10.5. The van der Waals surface area contributed by atoms with Crippen molar-refractivity contribution in [3.05, 3.63) is 47.9 Å². The summed E-state index contributed by atoms with van der Waals surface area (Å²) in [5.74, 6) is 1.71. The number of fused-ring (bicyclic) bond motifs is 3. The van der Waals surface area contributed by atoms with E-state index in [9.17, 15) is 0 Å². The Bertz CT molecular complexity index is 1070. The lowest BCUT2D eigenvalue weighted by Gasteiger charge is -2.04. The fraction of sp³-hybridized carbons (Fsp3) is 0.333. The first kappa shape index (κ1) is 15.9. The zero-order valence-corrected chi connectivity index (χ0v) is 15.5. The van der Waals surface area contributed by atoms with Crippen molar-refractivity contribution in [2.24, 2.45) is 20.0 Å². The van der Waals surface area contributed by atoms with Crippen LogP contribution in [-0.4, -0.2) is 9.55 Å². The summed E-state index contributed by atoms with van der Waals surface area (Å²) in [6.07, 6.45) is 5.09. The Morgan fingerprint density at radius 3 is 2.60 bits per heavy atom. The predicted molar refractivity (Wildman–Crippen MR) is 100 cm³/mol. The van der Waals surface area contributed by atoms with Gasteiger partial charge in [-0.2, -0.15) is 0 Å². The highest BCUT2D eigenvalue weighted by Gasteiger charge is 2.23. The molecule has 0 unspecified atom stereocenters. The number of nitrogens with zero attached hydrogens (tertiary/aromatic N) is 3. The molecular formula is C21H24N3O+. The summed E-state index contributed by atoms with van der Waals surface area (Å²) >= 11 is 0. The second-order valence-corrected chi connectivity index (χ2v) is 7.33. The quantitative estimate of drug-likeness (QED) is 0.523. The van der Waals surface area contributed by atoms with Gasteiger partial charge in [0.25, 0.3) is 5.82 Å². The van der Waals surface area contributed by atoms with Crippen molar-refractivity contribution in [3.8, 4) is 11.4 Å². The molecule has 0 saturated heterocycles. The smallest absolute Gasteiger partial charge is 0.292 e. The molecule has 0 N–H and O–H groups in total. The molecule has 0 atom stereocenters. The molecular weight excluding hydrogens is 310 g/mol. The van der Waals surface area contributed by atoms with Crippen LogP contribution in [0, 0.1) is 12.8 Å². The van der Waals surface area contributed by atoms with E-state index in [0.717, 1.165) is 45.6 Å². The zero-order chi connectivity index (χ0) is 17.7. The van der Waals surface area contributed by atoms with Gasteiger partial charge in [0.1, 0.15) is 18.0 Å². The lowest BCUT2D eigenvalue weighted by Crippen LogP contribution is -2.29. The summed E-state index contributed by atoms with van der Waals surface area (Å²) in [6.45, 7) is 6.55. The number of aryl methyl sites for hydroxylation is 3. The summed E-state index contributed by atoms with van der Waals surface area (Å²) in [4.78, 5) is 4.77. The fourth-order valence-corrected chi connectivity index (χ4v) is 3.61. The van der Waals surface area contributed by atoms with Crippen LogP contribution in [0.2, 0.25) is 0 Å². The summed E-state index contributed by atoms with van der Waals surface area (Å²) in [6, 6.07) is 8.59. The van der Waals surface area contributed by atoms with Crippen LogP contribution < -0.4 is 4.57 Å². The van der Waals surface area contributed by atoms with E-state index in [2.05, 4.69) is 80.7 Å². The van der Waals surface area contributed by atoms with E-state index in [-0.39, 0.29) is 0 Å². The number of hydrogen-bond acceptors (Lipinski definition) is 2. The van der Waals surface area contributed by atoms with E-state index < -0.39 is 0 Å². The number of rotatable bonds is 3. The molecule has 0 fully saturated rings. The minimum absolute atomic E-state index is 0.578. The summed E-state index contributed by atoms with van der Waals surface area (Å²) in [5.41, 5.74) is 5.07. The van der Waals surface area contributed by atoms with Gasteiger partial charge in [0.05, 0.1) is 14.1 Å². The SMILES string of the molecule is Cc1ccc2c(oc3nc(CC(C)C)ccc32)c1-c1n(C)cc[n+]1C. The van der Waals surface area contributed by atoms with Crippen molar-refractivity contribution in [1.82, 2.24) is 9.55 Å². The van der Waals surface area contributed by atoms with Gasteiger partial charge in [-0.3, -0.25) is 0 Å². The van der Waals surface area contributed by atoms with Crippen molar-refractivity contribution in [2.45, 2.75) is 27.2 Å². The zero-order valence-electron chi connectivity index (χ0n) is 15.5. The molecule has 3 aromatic heterocycles. The van der Waals surface area contributed by atoms with Crippen molar-refractivity contribution in [3.63, 3.8) is 0 Å². The van der Waals surface area contributed by atoms with Crippen LogP contribution in [0.3, 0.4) is 0 Å². The average molecular weight is 334 g/mol. The molecule has 25 heavy (non-hydrogen) atoms. The van der Waals surface area contributed by atoms with Gasteiger partial charge in [-0.25, -0.2) is 14.1 Å². The largest absolute Gasteiger partial charge is 0.437 e. The van der Waals surface area contributed by atoms with Gasteiger partial charge in [-0.1, -0.05) is 26.0 Å². The number of aromatic nitrogens is 3. The maximum absolute atomic E-state index is 6.28. The third-order valence-electron chi connectivity index (χ3n) is 4.80. The van der Waals surface area contributed by atoms with Crippen molar-refractivity contribution in [2.75, 3.05) is 0 Å². The number of imidazole rings is 1. The molecule has 4 aromatic rings. The van der Waals surface area contributed by atoms with Crippen LogP contribution in [0.15, 0.2) is 41.1 Å². The highest BCUT2D eigenvalue weighted by Crippen LogP contribution is 2.36. The minimum Gasteiger partial charge on any atom is -0.437 e. The normalized spacial score (nSPS) is 11.9. The van der Waals surface area contributed by atoms with Crippen molar-refractivity contribution >= 4 is 22.1 Å². The first-order chi connectivity index (χ1) is 12.0. The van der Waals surface area contributed by atoms with Gasteiger partial charge in [0.15, 0.2) is 5.58 Å². The van der Waals surface area contributed by atoms with Gasteiger partial charge in [0, 0.05) is 16.5 Å². The standard InChI is InChI=1S/C21H24N3O/c1-13(2)12-15-7-9-17-16-8-6-14(3)18(19(16)25-20(17)22-15)21-23(4)10-11-24(21)5/h6-11,13H,12H2,1-5H3/q+1. The molecule has 0 aliphatic rings. The topological polar surface area (TPSA) is 34.8 Å². The first-order valence-corrected chi connectivity index (χ1v) is 8.78. The number of pyridine rings is 1. The van der Waals surface area contributed by atoms with E-state index in [1.165, 1.54) is 5.56 Å². The minimum atomic E-state index is 0.578. The number of benzene rings is 1. The Hall–Kier alpha value is -2.62. The molecule has 1 aromatic carbocycles. The molecule has 3 heterocycles. The maximum atomic E-state index is 6.28. The molecule has 0 spiro atoms. The fourth-order valence-electron chi connectivity index (χ4n) is 3.61. The van der Waals surface area contributed by atoms with Crippen LogP contribution in [0.25, 0.3) is 33.5 Å². The summed E-state index contributed by atoms with van der Waals surface area (Å²) in [7, 11) is 4.13. The monoisotopic (exact) mass is 334 g/mol. The Morgan fingerprint density at radius 2 is 1.92 bits per heavy atom. The van der Waals surface area contributed by atoms with Crippen LogP contribution in [0.4, 0.5) is 0 Å². The van der Waals surface area contributed by atoms with Crippen LogP contribution in [0.1, 0.15) is 25.1 Å². The third kappa shape index (κ3) is 2.53. The van der Waals surface area contributed by atoms with E-state index in [4.69, 9.17) is 9.40 Å². The van der Waals surface area contributed by atoms with Gasteiger partial charge < -0.3 is 4.42 Å². The second-order valence-electron chi connectivity index (χ2n) is 7.33. The summed E-state index contributed by atoms with van der Waals surface area (Å²) in [5, 5.41) is 2.21. The highest BCUT2D eigenvalue weighted by molar-refractivity contribution is 6.08. The van der Waals surface area contributed by atoms with E-state index in [1.807, 2.05) is 0 Å². The molecule has 4 rings (SSSR count). The Balaban J connectivity index is 2.02. The number of hydrogen-bond donors (Lipinski definition) is 0. The Morgan fingerprint density at radius 1 is 1.16 bits per heavy atom. The third-order valence-corrected chi connectivity index (χ3v) is 4.80. The average Bonchev–Trinajstić information content (AvgIpc) is 3.07. The Kier molecular flexibility index (Phi) is 3.64. The second kappa shape index (κ2) is 5.73. The number of furan rings is 1.